The van der Waals surface area contributed by atoms with E-state index in [2.05, 4.69) is 24.0 Å². The fraction of sp³-hybridized carbons (Fsp3) is 0.409. The minimum absolute atomic E-state index is 0.0343. The molecule has 140 valence electrons. The van der Waals surface area contributed by atoms with Crippen LogP contribution in [-0.4, -0.2) is 46.2 Å². The van der Waals surface area contributed by atoms with Gasteiger partial charge >= 0.3 is 0 Å². The quantitative estimate of drug-likeness (QED) is 0.824. The van der Waals surface area contributed by atoms with Crippen molar-refractivity contribution in [2.45, 2.75) is 32.7 Å². The highest BCUT2D eigenvalue weighted by atomic mass is 16.2. The Morgan fingerprint density at radius 2 is 1.85 bits per heavy atom. The van der Waals surface area contributed by atoms with Crippen molar-refractivity contribution in [3.05, 3.63) is 65.0 Å². The van der Waals surface area contributed by atoms with Gasteiger partial charge in [-0.05, 0) is 48.4 Å². The van der Waals surface area contributed by atoms with Gasteiger partial charge in [-0.3, -0.25) is 14.6 Å². The highest BCUT2D eigenvalue weighted by Gasteiger charge is 2.25. The van der Waals surface area contributed by atoms with Gasteiger partial charge in [0.15, 0.2) is 0 Å². The van der Waals surface area contributed by atoms with Gasteiger partial charge in [0.2, 0.25) is 0 Å². The van der Waals surface area contributed by atoms with Crippen LogP contribution < -0.4 is 0 Å². The predicted octanol–water partition coefficient (Wildman–Crippen LogP) is 3.15. The molecule has 1 saturated heterocycles. The fourth-order valence-corrected chi connectivity index (χ4v) is 4.07. The molecule has 5 nitrogen and oxygen atoms in total. The summed E-state index contributed by atoms with van der Waals surface area (Å²) in [6.07, 6.45) is 4.63. The molecule has 1 aromatic carbocycles. The monoisotopic (exact) mass is 363 g/mol. The van der Waals surface area contributed by atoms with Crippen molar-refractivity contribution in [3.63, 3.8) is 0 Å². The van der Waals surface area contributed by atoms with Gasteiger partial charge in [-0.2, -0.15) is 0 Å². The third-order valence-corrected chi connectivity index (χ3v) is 5.59. The van der Waals surface area contributed by atoms with E-state index in [0.29, 0.717) is 30.3 Å². The van der Waals surface area contributed by atoms with Gasteiger partial charge in [0.25, 0.3) is 11.8 Å². The molecule has 5 heteroatoms. The van der Waals surface area contributed by atoms with Crippen LogP contribution >= 0.6 is 0 Å². The number of likely N-dealkylation sites (tertiary alicyclic amines) is 1. The third-order valence-electron chi connectivity index (χ3n) is 5.59. The molecule has 0 aliphatic carbocycles. The fourth-order valence-electron chi connectivity index (χ4n) is 4.07. The van der Waals surface area contributed by atoms with Gasteiger partial charge in [-0.15, -0.1) is 0 Å². The molecule has 1 aromatic heterocycles. The van der Waals surface area contributed by atoms with Crippen LogP contribution in [-0.2, 0) is 13.0 Å². The number of aromatic nitrogens is 1. The predicted molar refractivity (Wildman–Crippen MR) is 103 cm³/mol. The number of hydrogen-bond donors (Lipinski definition) is 0. The van der Waals surface area contributed by atoms with Crippen LogP contribution in [0.2, 0.25) is 0 Å². The van der Waals surface area contributed by atoms with Crippen molar-refractivity contribution in [2.24, 2.45) is 5.92 Å². The highest BCUT2D eigenvalue weighted by Crippen LogP contribution is 2.21. The second-order valence-corrected chi connectivity index (χ2v) is 7.67. The van der Waals surface area contributed by atoms with E-state index in [9.17, 15) is 9.59 Å². The average Bonchev–Trinajstić information content (AvgIpc) is 2.72. The van der Waals surface area contributed by atoms with Gasteiger partial charge in [-0.1, -0.05) is 31.2 Å². The molecule has 2 amide bonds. The zero-order chi connectivity index (χ0) is 18.8. The number of hydrogen-bond acceptors (Lipinski definition) is 3. The van der Waals surface area contributed by atoms with E-state index in [4.69, 9.17) is 0 Å². The van der Waals surface area contributed by atoms with Crippen LogP contribution in [0.3, 0.4) is 0 Å². The lowest BCUT2D eigenvalue weighted by Crippen LogP contribution is -2.39. The zero-order valence-electron chi connectivity index (χ0n) is 15.7. The number of pyridine rings is 1. The third kappa shape index (κ3) is 3.72. The minimum Gasteiger partial charge on any atom is -0.337 e. The Morgan fingerprint density at radius 1 is 1.04 bits per heavy atom. The van der Waals surface area contributed by atoms with E-state index < -0.39 is 0 Å². The number of rotatable bonds is 2. The van der Waals surface area contributed by atoms with E-state index in [1.807, 2.05) is 21.9 Å². The summed E-state index contributed by atoms with van der Waals surface area (Å²) < 4.78 is 0. The summed E-state index contributed by atoms with van der Waals surface area (Å²) in [6, 6.07) is 11.6. The van der Waals surface area contributed by atoms with E-state index in [-0.39, 0.29) is 11.8 Å². The molecular weight excluding hydrogens is 338 g/mol. The van der Waals surface area contributed by atoms with Crippen molar-refractivity contribution >= 4 is 11.8 Å². The van der Waals surface area contributed by atoms with Crippen molar-refractivity contribution in [1.82, 2.24) is 14.8 Å². The van der Waals surface area contributed by atoms with E-state index in [1.54, 1.807) is 18.3 Å². The first kappa shape index (κ1) is 17.7. The molecule has 0 radical (unpaired) electrons. The van der Waals surface area contributed by atoms with Gasteiger partial charge in [0.05, 0.1) is 0 Å². The van der Waals surface area contributed by atoms with E-state index in [1.165, 1.54) is 11.1 Å². The van der Waals surface area contributed by atoms with Crippen LogP contribution in [0.15, 0.2) is 42.6 Å². The summed E-state index contributed by atoms with van der Waals surface area (Å²) in [5.41, 5.74) is 3.42. The SMILES string of the molecule is CC1CCCN(C(=O)c2cc(C(=O)N3CCc4ccccc4C3)ccn2)C1. The molecule has 3 heterocycles. The van der Waals surface area contributed by atoms with Gasteiger partial charge in [0, 0.05) is 37.9 Å². The van der Waals surface area contributed by atoms with Crippen molar-refractivity contribution in [2.75, 3.05) is 19.6 Å². The van der Waals surface area contributed by atoms with Crippen LogP contribution in [0.25, 0.3) is 0 Å². The second-order valence-electron chi connectivity index (χ2n) is 7.67. The topological polar surface area (TPSA) is 53.5 Å². The Morgan fingerprint density at radius 3 is 2.67 bits per heavy atom. The van der Waals surface area contributed by atoms with Crippen molar-refractivity contribution in [3.8, 4) is 0 Å². The molecule has 4 rings (SSSR count). The Bertz CT molecular complexity index is 864. The summed E-state index contributed by atoms with van der Waals surface area (Å²) in [5.74, 6) is 0.411. The summed E-state index contributed by atoms with van der Waals surface area (Å²) in [5, 5.41) is 0. The Balaban J connectivity index is 1.50. The molecule has 2 aliphatic rings. The van der Waals surface area contributed by atoms with Crippen LogP contribution in [0, 0.1) is 5.92 Å². The average molecular weight is 363 g/mol. The first-order valence-electron chi connectivity index (χ1n) is 9.73. The first-order chi connectivity index (χ1) is 13.1. The maximum Gasteiger partial charge on any atom is 0.272 e. The summed E-state index contributed by atoms with van der Waals surface area (Å²) >= 11 is 0. The lowest BCUT2D eigenvalue weighted by molar-refractivity contribution is 0.0677. The van der Waals surface area contributed by atoms with E-state index in [0.717, 1.165) is 32.4 Å². The minimum atomic E-state index is -0.0693. The molecule has 27 heavy (non-hydrogen) atoms. The summed E-state index contributed by atoms with van der Waals surface area (Å²) in [4.78, 5) is 33.7. The van der Waals surface area contributed by atoms with Crippen molar-refractivity contribution in [1.29, 1.82) is 0 Å². The first-order valence-corrected chi connectivity index (χ1v) is 9.73. The molecule has 1 unspecified atom stereocenters. The molecule has 1 atom stereocenters. The van der Waals surface area contributed by atoms with Gasteiger partial charge in [-0.25, -0.2) is 0 Å². The number of carbonyl (C=O) groups excluding carboxylic acids is 2. The molecule has 0 spiro atoms. The molecule has 0 bridgehead atoms. The number of fused-ring (bicyclic) bond motifs is 1. The maximum absolute atomic E-state index is 13.0. The van der Waals surface area contributed by atoms with Gasteiger partial charge < -0.3 is 9.80 Å². The van der Waals surface area contributed by atoms with E-state index >= 15 is 0 Å². The number of amides is 2. The molecule has 2 aromatic rings. The Labute approximate surface area is 160 Å². The smallest absolute Gasteiger partial charge is 0.272 e. The van der Waals surface area contributed by atoms with Crippen LogP contribution in [0.4, 0.5) is 0 Å². The second kappa shape index (κ2) is 7.51. The molecule has 0 N–H and O–H groups in total. The Hall–Kier alpha value is -2.69. The normalized spacial score (nSPS) is 19.5. The number of benzene rings is 1. The largest absolute Gasteiger partial charge is 0.337 e. The summed E-state index contributed by atoms with van der Waals surface area (Å²) in [7, 11) is 0. The maximum atomic E-state index is 13.0. The standard InChI is InChI=1S/C22H25N3O2/c1-16-5-4-11-24(14-16)22(27)20-13-18(8-10-23-20)21(26)25-12-9-17-6-2-3-7-19(17)15-25/h2-3,6-8,10,13,16H,4-5,9,11-12,14-15H2,1H3. The van der Waals surface area contributed by atoms with Crippen LogP contribution in [0.5, 0.6) is 0 Å². The van der Waals surface area contributed by atoms with Crippen LogP contribution in [0.1, 0.15) is 51.7 Å². The Kier molecular flexibility index (Phi) is 4.92. The van der Waals surface area contributed by atoms with Crippen molar-refractivity contribution < 1.29 is 9.59 Å². The molecule has 2 aliphatic heterocycles. The molecule has 1 fully saturated rings. The molecule has 0 saturated carbocycles. The lowest BCUT2D eigenvalue weighted by atomic mass is 9.99. The molecular formula is C22H25N3O2. The number of nitrogens with zero attached hydrogens (tertiary/aromatic N) is 3. The lowest BCUT2D eigenvalue weighted by Gasteiger charge is -2.31. The number of piperidine rings is 1. The highest BCUT2D eigenvalue weighted by molar-refractivity contribution is 5.98. The van der Waals surface area contributed by atoms with Gasteiger partial charge in [0.1, 0.15) is 5.69 Å². The zero-order valence-corrected chi connectivity index (χ0v) is 15.7. The number of carbonyl (C=O) groups is 2. The summed E-state index contributed by atoms with van der Waals surface area (Å²) in [6.45, 7) is 5.02.